The topological polar surface area (TPSA) is 162 Å². The van der Waals surface area contributed by atoms with Crippen molar-refractivity contribution in [3.63, 3.8) is 0 Å². The number of morpholine rings is 2. The summed E-state index contributed by atoms with van der Waals surface area (Å²) in [6.45, 7) is 7.93. The number of carbonyl (C=O) groups excluding carboxylic acids is 5. The summed E-state index contributed by atoms with van der Waals surface area (Å²) in [5.74, 6) is -1.58. The first kappa shape index (κ1) is 48.5. The number of allylic oxidation sites excluding steroid dienone is 7. The van der Waals surface area contributed by atoms with Crippen LogP contribution in [0, 0.1) is 0 Å². The summed E-state index contributed by atoms with van der Waals surface area (Å²) in [5, 5.41) is 14.3. The van der Waals surface area contributed by atoms with Gasteiger partial charge in [-0.3, -0.25) is 33.8 Å². The summed E-state index contributed by atoms with van der Waals surface area (Å²) < 4.78 is 24.9. The minimum absolute atomic E-state index is 0.0498. The first-order chi connectivity index (χ1) is 36.1. The summed E-state index contributed by atoms with van der Waals surface area (Å²) >= 11 is 0. The fourth-order valence-corrected chi connectivity index (χ4v) is 10.7. The van der Waals surface area contributed by atoms with Crippen molar-refractivity contribution < 1.29 is 52.6 Å². The fraction of sp³-hybridized carbons (Fsp3) is 0.310. The summed E-state index contributed by atoms with van der Waals surface area (Å²) in [7, 11) is 3.85. The molecule has 11 rings (SSSR count). The molecular formula is C58H57N6O10+. The first-order valence-electron chi connectivity index (χ1n) is 25.2. The molecule has 2 fully saturated rings. The van der Waals surface area contributed by atoms with Crippen LogP contribution in [0.1, 0.15) is 47.0 Å². The van der Waals surface area contributed by atoms with E-state index in [0.29, 0.717) is 96.9 Å². The zero-order valence-corrected chi connectivity index (χ0v) is 41.5. The van der Waals surface area contributed by atoms with Gasteiger partial charge in [-0.15, -0.1) is 0 Å². The molecule has 74 heavy (non-hydrogen) atoms. The molecule has 0 atom stereocenters. The van der Waals surface area contributed by atoms with Crippen LogP contribution >= 0.6 is 0 Å². The molecule has 5 aromatic carbocycles. The fourth-order valence-electron chi connectivity index (χ4n) is 10.7. The lowest BCUT2D eigenvalue weighted by atomic mass is 9.80. The second-order valence-electron chi connectivity index (χ2n) is 19.0. The van der Waals surface area contributed by atoms with Gasteiger partial charge in [-0.05, 0) is 71.8 Å². The molecule has 0 unspecified atom stereocenters. The Morgan fingerprint density at radius 3 is 1.57 bits per heavy atom. The third kappa shape index (κ3) is 8.86. The van der Waals surface area contributed by atoms with Gasteiger partial charge in [-0.2, -0.15) is 0 Å². The number of nitrogens with zero attached hydrogens (tertiary/aromatic N) is 6. The van der Waals surface area contributed by atoms with Gasteiger partial charge in [0.05, 0.1) is 70.5 Å². The van der Waals surface area contributed by atoms with Gasteiger partial charge < -0.3 is 38.8 Å². The Morgan fingerprint density at radius 2 is 1.07 bits per heavy atom. The lowest BCUT2D eigenvalue weighted by Gasteiger charge is -2.32. The third-order valence-corrected chi connectivity index (χ3v) is 14.8. The van der Waals surface area contributed by atoms with Crippen molar-refractivity contribution in [1.82, 2.24) is 9.80 Å². The van der Waals surface area contributed by atoms with E-state index >= 15 is 0 Å². The van der Waals surface area contributed by atoms with Crippen LogP contribution in [0.3, 0.4) is 0 Å². The second-order valence-corrected chi connectivity index (χ2v) is 19.0. The SMILES string of the molecule is CN(CCOCCN1C(=O)c2cccc3c(N4CCOCC4)ccc(c23)C1=O)c1ccc(C2=C(O)C(=C3C=CC(=[N+](C)CCOCCN4C(=O)c5cccc6c(N7CCOCC7)ccc(c56)C4=O)C=C3)C2=O)cc1. The van der Waals surface area contributed by atoms with Crippen LogP contribution in [0.2, 0.25) is 0 Å². The number of hydrogen-bond acceptors (Lipinski definition) is 13. The van der Waals surface area contributed by atoms with Crippen molar-refractivity contribution >= 4 is 79.3 Å². The quantitative estimate of drug-likeness (QED) is 0.0525. The molecule has 0 saturated carbocycles. The van der Waals surface area contributed by atoms with E-state index in [0.717, 1.165) is 59.7 Å². The average Bonchev–Trinajstić information content (AvgIpc) is 3.43. The molecule has 2 aliphatic carbocycles. The minimum atomic E-state index is -0.323. The lowest BCUT2D eigenvalue weighted by Crippen LogP contribution is -2.42. The number of aliphatic hydroxyl groups excluding tert-OH is 1. The third-order valence-electron chi connectivity index (χ3n) is 14.8. The molecular weight excluding hydrogens is 941 g/mol. The first-order valence-corrected chi connectivity index (χ1v) is 25.2. The van der Waals surface area contributed by atoms with Gasteiger partial charge >= 0.3 is 0 Å². The van der Waals surface area contributed by atoms with E-state index in [1.807, 2.05) is 121 Å². The number of aliphatic hydroxyl groups is 1. The van der Waals surface area contributed by atoms with E-state index in [4.69, 9.17) is 18.9 Å². The molecule has 0 spiro atoms. The number of ether oxygens (including phenoxy) is 4. The normalized spacial score (nSPS) is 17.7. The molecule has 4 heterocycles. The Labute approximate surface area is 428 Å². The molecule has 6 aliphatic rings. The van der Waals surface area contributed by atoms with Crippen molar-refractivity contribution in [2.24, 2.45) is 0 Å². The van der Waals surface area contributed by atoms with Crippen molar-refractivity contribution in [3.05, 3.63) is 154 Å². The summed E-state index contributed by atoms with van der Waals surface area (Å²) in [6.07, 6.45) is 7.40. The molecule has 16 nitrogen and oxygen atoms in total. The number of imide groups is 2. The molecule has 0 radical (unpaired) electrons. The maximum absolute atomic E-state index is 13.6. The van der Waals surface area contributed by atoms with Crippen LogP contribution in [-0.2, 0) is 23.7 Å². The van der Waals surface area contributed by atoms with Gasteiger partial charge in [0, 0.05) is 113 Å². The van der Waals surface area contributed by atoms with Gasteiger partial charge in [0.1, 0.15) is 19.4 Å². The number of Topliss-reactive ketones (excluding diaryl/α,β-unsaturated/α-hetero) is 1. The highest BCUT2D eigenvalue weighted by atomic mass is 16.5. The number of ketones is 1. The maximum Gasteiger partial charge on any atom is 0.261 e. The van der Waals surface area contributed by atoms with E-state index < -0.39 is 0 Å². The molecule has 4 aliphatic heterocycles. The average molecular weight is 998 g/mol. The standard InChI is InChI=1S/C58H56N6O10/c1-59(21-29-71-35-27-63-55(67)43-7-3-5-41-47(61-23-31-73-32-24-61)19-17-45(51(41)43)57(63)69)39-13-9-37(10-14-39)49-53(65)50(54(49)66)38-11-15-40(16-12-38)60(2)22-30-72-36-28-64-56(68)44-8-4-6-42-48(62-25-33-74-34-26-62)20-18-46(52(42)44)58(64)70/h3-20H,21-36H2,1-2H3/p+1. The number of amides is 4. The molecule has 16 heteroatoms. The Morgan fingerprint density at radius 1 is 0.581 bits per heavy atom. The van der Waals surface area contributed by atoms with Gasteiger partial charge in [0.25, 0.3) is 23.6 Å². The minimum Gasteiger partial charge on any atom is -0.506 e. The zero-order valence-electron chi connectivity index (χ0n) is 41.5. The Hall–Kier alpha value is -7.76. The lowest BCUT2D eigenvalue weighted by molar-refractivity contribution is -0.499. The Bertz CT molecular complexity index is 3240. The van der Waals surface area contributed by atoms with Crippen LogP contribution in [0.4, 0.5) is 17.1 Å². The Balaban J connectivity index is 0.635. The number of anilines is 3. The van der Waals surface area contributed by atoms with E-state index in [1.165, 1.54) is 9.80 Å². The van der Waals surface area contributed by atoms with Crippen molar-refractivity contribution in [1.29, 1.82) is 0 Å². The highest BCUT2D eigenvalue weighted by Crippen LogP contribution is 2.41. The predicted octanol–water partition coefficient (Wildman–Crippen LogP) is 6.09. The van der Waals surface area contributed by atoms with Crippen molar-refractivity contribution in [3.8, 4) is 0 Å². The predicted molar refractivity (Wildman–Crippen MR) is 282 cm³/mol. The van der Waals surface area contributed by atoms with Crippen LogP contribution in [-0.4, -0.2) is 174 Å². The molecule has 2 saturated heterocycles. The molecule has 1 N–H and O–H groups in total. The van der Waals surface area contributed by atoms with Crippen LogP contribution in [0.15, 0.2) is 126 Å². The van der Waals surface area contributed by atoms with Crippen LogP contribution in [0.5, 0.6) is 0 Å². The van der Waals surface area contributed by atoms with Crippen molar-refractivity contribution in [2.45, 2.75) is 0 Å². The number of likely N-dealkylation sites (N-methyl/N-ethyl adjacent to an activating group) is 2. The van der Waals surface area contributed by atoms with E-state index in [2.05, 4.69) is 9.80 Å². The van der Waals surface area contributed by atoms with Crippen molar-refractivity contribution in [2.75, 3.05) is 134 Å². The van der Waals surface area contributed by atoms with Gasteiger partial charge in [-0.1, -0.05) is 36.4 Å². The second kappa shape index (κ2) is 20.6. The highest BCUT2D eigenvalue weighted by Gasteiger charge is 2.38. The van der Waals surface area contributed by atoms with E-state index in [-0.39, 0.29) is 72.6 Å². The van der Waals surface area contributed by atoms with E-state index in [1.54, 1.807) is 12.1 Å². The largest absolute Gasteiger partial charge is 0.506 e. The maximum atomic E-state index is 13.6. The van der Waals surface area contributed by atoms with Gasteiger partial charge in [-0.25, -0.2) is 4.58 Å². The van der Waals surface area contributed by atoms with E-state index in [9.17, 15) is 29.1 Å². The molecule has 378 valence electrons. The van der Waals surface area contributed by atoms with Gasteiger partial charge in [0.15, 0.2) is 12.3 Å². The number of carbonyl (C=O) groups is 5. The highest BCUT2D eigenvalue weighted by molar-refractivity contribution is 6.39. The van der Waals surface area contributed by atoms with Gasteiger partial charge in [0.2, 0.25) is 5.78 Å². The number of hydrogen-bond donors (Lipinski definition) is 1. The summed E-state index contributed by atoms with van der Waals surface area (Å²) in [4.78, 5) is 77.0. The van der Waals surface area contributed by atoms with Crippen LogP contribution < -0.4 is 14.7 Å². The number of benzene rings is 5. The van der Waals surface area contributed by atoms with Crippen LogP contribution in [0.25, 0.3) is 27.1 Å². The molecule has 0 bridgehead atoms. The molecule has 0 aromatic heterocycles. The summed E-state index contributed by atoms with van der Waals surface area (Å²) in [5.41, 5.74) is 7.59. The Kier molecular flexibility index (Phi) is 13.5. The monoisotopic (exact) mass is 997 g/mol. The zero-order chi connectivity index (χ0) is 51.0. The smallest absolute Gasteiger partial charge is 0.261 e. The number of rotatable bonds is 16. The summed E-state index contributed by atoms with van der Waals surface area (Å²) in [6, 6.07) is 26.2. The molecule has 4 amide bonds. The molecule has 5 aromatic rings.